The van der Waals surface area contributed by atoms with E-state index >= 15 is 0 Å². The predicted octanol–water partition coefficient (Wildman–Crippen LogP) is 4.02. The van der Waals surface area contributed by atoms with Crippen molar-refractivity contribution in [2.45, 2.75) is 98.9 Å². The van der Waals surface area contributed by atoms with Crippen LogP contribution in [0.15, 0.2) is 18.2 Å². The van der Waals surface area contributed by atoms with Crippen molar-refractivity contribution < 1.29 is 24.2 Å². The van der Waals surface area contributed by atoms with E-state index in [-0.39, 0.29) is 25.0 Å². The molecule has 35 heavy (non-hydrogen) atoms. The van der Waals surface area contributed by atoms with Gasteiger partial charge in [0.15, 0.2) is 0 Å². The Labute approximate surface area is 210 Å². The van der Waals surface area contributed by atoms with Gasteiger partial charge < -0.3 is 25.4 Å². The van der Waals surface area contributed by atoms with E-state index in [4.69, 9.17) is 4.74 Å². The normalized spacial score (nSPS) is 14.5. The highest BCUT2D eigenvalue weighted by Crippen LogP contribution is 2.28. The molecule has 0 heterocycles. The van der Waals surface area contributed by atoms with Crippen molar-refractivity contribution in [3.05, 3.63) is 34.9 Å². The molecule has 3 N–H and O–H groups in total. The van der Waals surface area contributed by atoms with Crippen LogP contribution in [0.3, 0.4) is 0 Å². The summed E-state index contributed by atoms with van der Waals surface area (Å²) in [6, 6.07) is 3.83. The molecular weight excluding hydrogens is 446 g/mol. The minimum atomic E-state index is -0.985. The molecular formula is C27H45N3O5. The third kappa shape index (κ3) is 9.51. The molecule has 0 aliphatic rings. The van der Waals surface area contributed by atoms with Crippen LogP contribution in [0.5, 0.6) is 0 Å². The topological polar surface area (TPSA) is 108 Å². The number of ether oxygens (including phenoxy) is 1. The van der Waals surface area contributed by atoms with Crippen molar-refractivity contribution in [2.24, 2.45) is 5.92 Å². The molecule has 3 atom stereocenters. The van der Waals surface area contributed by atoms with Gasteiger partial charge >= 0.3 is 6.09 Å². The van der Waals surface area contributed by atoms with Crippen LogP contribution in [0.25, 0.3) is 0 Å². The van der Waals surface area contributed by atoms with E-state index in [9.17, 15) is 19.5 Å². The van der Waals surface area contributed by atoms with Crippen molar-refractivity contribution in [3.63, 3.8) is 0 Å². The standard InChI is InChI=1S/C27H45N3O5/c1-11-18(3)21(28-25(34)35-27(8,9)10)24(33)30(14-15-31)22(23(32)29-26(5,6)7)20-16-17(2)12-13-19(20)4/h12-13,16,18,21-22,31H,11,14-15H2,1-10H3,(H,28,34)(H,29,32). The number of hydrogen-bond acceptors (Lipinski definition) is 5. The van der Waals surface area contributed by atoms with Crippen LogP contribution in [0.4, 0.5) is 4.79 Å². The van der Waals surface area contributed by atoms with Crippen molar-refractivity contribution in [2.75, 3.05) is 13.2 Å². The van der Waals surface area contributed by atoms with Crippen molar-refractivity contribution in [1.82, 2.24) is 15.5 Å². The Balaban J connectivity index is 3.58. The van der Waals surface area contributed by atoms with Crippen LogP contribution in [0, 0.1) is 19.8 Å². The number of aliphatic hydroxyl groups is 1. The van der Waals surface area contributed by atoms with Gasteiger partial charge in [-0.05, 0) is 72.4 Å². The first-order valence-corrected chi connectivity index (χ1v) is 12.3. The van der Waals surface area contributed by atoms with E-state index in [1.165, 1.54) is 4.90 Å². The van der Waals surface area contributed by atoms with Crippen LogP contribution in [0.2, 0.25) is 0 Å². The van der Waals surface area contributed by atoms with Crippen molar-refractivity contribution in [1.29, 1.82) is 0 Å². The lowest BCUT2D eigenvalue weighted by Crippen LogP contribution is -2.57. The third-order valence-corrected chi connectivity index (χ3v) is 5.56. The maximum absolute atomic E-state index is 14.0. The molecule has 3 amide bonds. The van der Waals surface area contributed by atoms with Gasteiger partial charge in [0.2, 0.25) is 11.8 Å². The molecule has 0 radical (unpaired) electrons. The molecule has 1 aromatic rings. The van der Waals surface area contributed by atoms with E-state index in [0.29, 0.717) is 12.0 Å². The van der Waals surface area contributed by atoms with E-state index in [1.54, 1.807) is 20.8 Å². The second-order valence-corrected chi connectivity index (χ2v) is 11.3. The van der Waals surface area contributed by atoms with Crippen LogP contribution in [-0.4, -0.2) is 58.2 Å². The number of rotatable bonds is 9. The van der Waals surface area contributed by atoms with Crippen LogP contribution >= 0.6 is 0 Å². The summed E-state index contributed by atoms with van der Waals surface area (Å²) in [4.78, 5) is 41.6. The van der Waals surface area contributed by atoms with Gasteiger partial charge in [-0.1, -0.05) is 44.0 Å². The molecule has 0 saturated carbocycles. The van der Waals surface area contributed by atoms with Gasteiger partial charge in [0.25, 0.3) is 0 Å². The molecule has 0 fully saturated rings. The van der Waals surface area contributed by atoms with Gasteiger partial charge in [0.05, 0.1) is 6.61 Å². The van der Waals surface area contributed by atoms with Crippen LogP contribution in [0.1, 0.15) is 84.5 Å². The number of aryl methyl sites for hydroxylation is 2. The number of hydrogen-bond donors (Lipinski definition) is 3. The van der Waals surface area contributed by atoms with Gasteiger partial charge in [-0.2, -0.15) is 0 Å². The highest BCUT2D eigenvalue weighted by molar-refractivity contribution is 5.92. The van der Waals surface area contributed by atoms with E-state index in [0.717, 1.165) is 11.1 Å². The zero-order valence-electron chi connectivity index (χ0n) is 23.1. The summed E-state index contributed by atoms with van der Waals surface area (Å²) in [6.45, 7) is 18.0. The fraction of sp³-hybridized carbons (Fsp3) is 0.667. The van der Waals surface area contributed by atoms with Crippen molar-refractivity contribution in [3.8, 4) is 0 Å². The van der Waals surface area contributed by atoms with Gasteiger partial charge in [-0.25, -0.2) is 4.79 Å². The number of benzene rings is 1. The molecule has 0 aromatic heterocycles. The molecule has 8 heteroatoms. The maximum atomic E-state index is 14.0. The number of amides is 3. The lowest BCUT2D eigenvalue weighted by Gasteiger charge is -2.37. The molecule has 0 aliphatic carbocycles. The first-order valence-electron chi connectivity index (χ1n) is 12.3. The smallest absolute Gasteiger partial charge is 0.408 e. The molecule has 198 valence electrons. The Morgan fingerprint density at radius 2 is 1.69 bits per heavy atom. The minimum absolute atomic E-state index is 0.0720. The number of nitrogens with zero attached hydrogens (tertiary/aromatic N) is 1. The largest absolute Gasteiger partial charge is 0.444 e. The predicted molar refractivity (Wildman–Crippen MR) is 138 cm³/mol. The molecule has 0 spiro atoms. The lowest BCUT2D eigenvalue weighted by atomic mass is 9.93. The van der Waals surface area contributed by atoms with Gasteiger partial charge in [0, 0.05) is 12.1 Å². The number of alkyl carbamates (subject to hydrolysis) is 1. The van der Waals surface area contributed by atoms with Gasteiger partial charge in [-0.3, -0.25) is 9.59 Å². The number of carbonyl (C=O) groups excluding carboxylic acids is 3. The molecule has 1 rings (SSSR count). The zero-order chi connectivity index (χ0) is 27.1. The molecule has 0 saturated heterocycles. The van der Waals surface area contributed by atoms with Crippen LogP contribution in [-0.2, 0) is 14.3 Å². The second-order valence-electron chi connectivity index (χ2n) is 11.3. The Bertz CT molecular complexity index is 886. The van der Waals surface area contributed by atoms with E-state index < -0.39 is 35.2 Å². The third-order valence-electron chi connectivity index (χ3n) is 5.56. The lowest BCUT2D eigenvalue weighted by molar-refractivity contribution is -0.144. The SMILES string of the molecule is CCC(C)C(NC(=O)OC(C)(C)C)C(=O)N(CCO)C(C(=O)NC(C)(C)C)c1cc(C)ccc1C. The zero-order valence-corrected chi connectivity index (χ0v) is 23.1. The Morgan fingerprint density at radius 1 is 1.09 bits per heavy atom. The maximum Gasteiger partial charge on any atom is 0.408 e. The summed E-state index contributed by atoms with van der Waals surface area (Å²) in [5, 5.41) is 15.6. The Hall–Kier alpha value is -2.61. The van der Waals surface area contributed by atoms with E-state index in [2.05, 4.69) is 10.6 Å². The Kier molecular flexibility index (Phi) is 10.8. The minimum Gasteiger partial charge on any atom is -0.444 e. The fourth-order valence-electron chi connectivity index (χ4n) is 3.71. The summed E-state index contributed by atoms with van der Waals surface area (Å²) in [6.07, 6.45) is -0.0934. The number of aliphatic hydroxyl groups excluding tert-OH is 1. The molecule has 0 aliphatic heterocycles. The molecule has 1 aromatic carbocycles. The highest BCUT2D eigenvalue weighted by atomic mass is 16.6. The van der Waals surface area contributed by atoms with Gasteiger partial charge in [0.1, 0.15) is 17.7 Å². The van der Waals surface area contributed by atoms with Gasteiger partial charge in [-0.15, -0.1) is 0 Å². The molecule has 8 nitrogen and oxygen atoms in total. The molecule has 0 bridgehead atoms. The summed E-state index contributed by atoms with van der Waals surface area (Å²) >= 11 is 0. The van der Waals surface area contributed by atoms with Crippen LogP contribution < -0.4 is 10.6 Å². The number of nitrogens with one attached hydrogen (secondary N) is 2. The number of carbonyl (C=O) groups is 3. The Morgan fingerprint density at radius 3 is 2.17 bits per heavy atom. The summed E-state index contributed by atoms with van der Waals surface area (Å²) in [5.74, 6) is -1.04. The van der Waals surface area contributed by atoms with Crippen molar-refractivity contribution >= 4 is 17.9 Å². The van der Waals surface area contributed by atoms with E-state index in [1.807, 2.05) is 66.7 Å². The first kappa shape index (κ1) is 30.4. The molecule has 3 unspecified atom stereocenters. The second kappa shape index (κ2) is 12.4. The summed E-state index contributed by atoms with van der Waals surface area (Å²) in [5.41, 5.74) is 1.20. The summed E-state index contributed by atoms with van der Waals surface area (Å²) in [7, 11) is 0. The summed E-state index contributed by atoms with van der Waals surface area (Å²) < 4.78 is 5.40. The first-order chi connectivity index (χ1) is 16.0. The quantitative estimate of drug-likeness (QED) is 0.484. The fourth-order valence-corrected chi connectivity index (χ4v) is 3.71. The monoisotopic (exact) mass is 491 g/mol. The highest BCUT2D eigenvalue weighted by Gasteiger charge is 2.39. The average Bonchev–Trinajstić information content (AvgIpc) is 2.70. The average molecular weight is 492 g/mol.